The maximum Gasteiger partial charge on any atom is 0.335 e. The molecule has 42 heavy (non-hydrogen) atoms. The van der Waals surface area contributed by atoms with Crippen LogP contribution in [-0.4, -0.2) is 61.3 Å². The van der Waals surface area contributed by atoms with Gasteiger partial charge in [-0.05, 0) is 48.7 Å². The van der Waals surface area contributed by atoms with Crippen molar-refractivity contribution in [1.82, 2.24) is 24.4 Å². The summed E-state index contributed by atoms with van der Waals surface area (Å²) in [6.07, 6.45) is 4.20. The molecule has 0 unspecified atom stereocenters. The fourth-order valence-corrected chi connectivity index (χ4v) is 5.61. The van der Waals surface area contributed by atoms with Gasteiger partial charge in [-0.3, -0.25) is 4.90 Å². The summed E-state index contributed by atoms with van der Waals surface area (Å²) in [5.74, 6) is 1.18. The van der Waals surface area contributed by atoms with Crippen LogP contribution in [0.15, 0.2) is 65.1 Å². The normalized spacial score (nSPS) is 17.4. The molecule has 1 atom stereocenters. The summed E-state index contributed by atoms with van der Waals surface area (Å²) in [6, 6.07) is 16.9. The van der Waals surface area contributed by atoms with E-state index in [4.69, 9.17) is 23.9 Å². The number of ether oxygens (including phenoxy) is 2. The average molecular weight is 566 g/mol. The van der Waals surface area contributed by atoms with Gasteiger partial charge in [0.2, 0.25) is 5.88 Å². The van der Waals surface area contributed by atoms with E-state index in [1.54, 1.807) is 18.2 Å². The Morgan fingerprint density at radius 1 is 1.10 bits per heavy atom. The third-order valence-electron chi connectivity index (χ3n) is 7.94. The summed E-state index contributed by atoms with van der Waals surface area (Å²) in [7, 11) is 0. The van der Waals surface area contributed by atoms with Crippen LogP contribution in [0.1, 0.15) is 46.2 Å². The lowest BCUT2D eigenvalue weighted by Gasteiger charge is -2.29. The zero-order valence-corrected chi connectivity index (χ0v) is 23.3. The van der Waals surface area contributed by atoms with Gasteiger partial charge in [-0.15, -0.1) is 0 Å². The van der Waals surface area contributed by atoms with E-state index in [-0.39, 0.29) is 11.7 Å². The molecular formula is C32H31N5O5. The largest absolute Gasteiger partial charge is 0.478 e. The van der Waals surface area contributed by atoms with Crippen LogP contribution in [0.3, 0.4) is 0 Å². The van der Waals surface area contributed by atoms with Crippen LogP contribution in [0.2, 0.25) is 0 Å². The van der Waals surface area contributed by atoms with Crippen molar-refractivity contribution in [3.63, 3.8) is 0 Å². The van der Waals surface area contributed by atoms with Crippen molar-refractivity contribution in [3.8, 4) is 5.88 Å². The Balaban J connectivity index is 1.05. The van der Waals surface area contributed by atoms with Crippen molar-refractivity contribution in [2.24, 2.45) is 0 Å². The molecule has 1 saturated heterocycles. The quantitative estimate of drug-likeness (QED) is 0.256. The lowest BCUT2D eigenvalue weighted by Crippen LogP contribution is -2.33. The van der Waals surface area contributed by atoms with Gasteiger partial charge in [0.05, 0.1) is 41.5 Å². The Hall–Kier alpha value is -4.54. The van der Waals surface area contributed by atoms with Crippen molar-refractivity contribution in [2.45, 2.75) is 45.6 Å². The molecule has 5 aromatic rings. The van der Waals surface area contributed by atoms with Crippen molar-refractivity contribution < 1.29 is 23.8 Å². The predicted octanol–water partition coefficient (Wildman–Crippen LogP) is 5.24. The number of nitrogens with zero attached hydrogens (tertiary/aromatic N) is 5. The summed E-state index contributed by atoms with van der Waals surface area (Å²) < 4.78 is 19.7. The SMILES string of the molecule is Cc1nc2cccc(COc3cccc(C4=CCN(Cc5nc6ccc(C(=O)O)cc6n5C[C@@H]5CCO5)CC4)n3)c2o1. The van der Waals surface area contributed by atoms with E-state index in [1.165, 1.54) is 5.57 Å². The number of carbonyl (C=O) groups is 1. The van der Waals surface area contributed by atoms with E-state index in [9.17, 15) is 9.90 Å². The Kier molecular flexibility index (Phi) is 6.93. The molecule has 2 aliphatic rings. The molecule has 5 heterocycles. The lowest BCUT2D eigenvalue weighted by molar-refractivity contribution is -0.0591. The van der Waals surface area contributed by atoms with E-state index < -0.39 is 5.97 Å². The molecule has 7 rings (SSSR count). The summed E-state index contributed by atoms with van der Waals surface area (Å²) >= 11 is 0. The summed E-state index contributed by atoms with van der Waals surface area (Å²) in [5.41, 5.74) is 6.51. The molecule has 1 N–H and O–H groups in total. The summed E-state index contributed by atoms with van der Waals surface area (Å²) in [4.78, 5) is 28.0. The Labute approximate surface area is 242 Å². The molecule has 3 aromatic heterocycles. The molecule has 0 aliphatic carbocycles. The van der Waals surface area contributed by atoms with Crippen LogP contribution in [-0.2, 0) is 24.4 Å². The number of pyridine rings is 1. The molecule has 0 bridgehead atoms. The number of para-hydroxylation sites is 1. The Morgan fingerprint density at radius 2 is 1.98 bits per heavy atom. The highest BCUT2D eigenvalue weighted by molar-refractivity contribution is 5.92. The zero-order chi connectivity index (χ0) is 28.6. The number of hydrogen-bond donors (Lipinski definition) is 1. The molecule has 2 aliphatic heterocycles. The second-order valence-electron chi connectivity index (χ2n) is 10.8. The summed E-state index contributed by atoms with van der Waals surface area (Å²) in [5, 5.41) is 9.51. The van der Waals surface area contributed by atoms with Gasteiger partial charge in [0.15, 0.2) is 11.5 Å². The Morgan fingerprint density at radius 3 is 2.76 bits per heavy atom. The predicted molar refractivity (Wildman–Crippen MR) is 156 cm³/mol. The van der Waals surface area contributed by atoms with Crippen LogP contribution >= 0.6 is 0 Å². The van der Waals surface area contributed by atoms with E-state index in [0.717, 1.165) is 71.8 Å². The van der Waals surface area contributed by atoms with Gasteiger partial charge in [-0.2, -0.15) is 0 Å². The van der Waals surface area contributed by atoms with Crippen LogP contribution < -0.4 is 4.74 Å². The average Bonchev–Trinajstić information content (AvgIpc) is 3.53. The summed E-state index contributed by atoms with van der Waals surface area (Å²) in [6.45, 7) is 5.90. The smallest absolute Gasteiger partial charge is 0.335 e. The first-order chi connectivity index (χ1) is 20.5. The van der Waals surface area contributed by atoms with Crippen molar-refractivity contribution in [2.75, 3.05) is 19.7 Å². The fourth-order valence-electron chi connectivity index (χ4n) is 5.61. The molecule has 10 nitrogen and oxygen atoms in total. The van der Waals surface area contributed by atoms with Crippen molar-refractivity contribution >= 4 is 33.7 Å². The number of oxazole rings is 1. The number of carboxylic acid groups (broad SMARTS) is 1. The molecule has 0 radical (unpaired) electrons. The maximum absolute atomic E-state index is 11.6. The highest BCUT2D eigenvalue weighted by Gasteiger charge is 2.24. The van der Waals surface area contributed by atoms with Gasteiger partial charge >= 0.3 is 5.97 Å². The van der Waals surface area contributed by atoms with Gasteiger partial charge in [-0.25, -0.2) is 19.7 Å². The number of imidazole rings is 1. The molecule has 0 saturated carbocycles. The maximum atomic E-state index is 11.6. The van der Waals surface area contributed by atoms with Crippen molar-refractivity contribution in [1.29, 1.82) is 0 Å². The lowest BCUT2D eigenvalue weighted by atomic mass is 10.0. The molecule has 1 fully saturated rings. The minimum atomic E-state index is -0.940. The highest BCUT2D eigenvalue weighted by atomic mass is 16.5. The third-order valence-corrected chi connectivity index (χ3v) is 7.94. The molecular weight excluding hydrogens is 534 g/mol. The topological polar surface area (TPSA) is 116 Å². The second kappa shape index (κ2) is 11.0. The van der Waals surface area contributed by atoms with Crippen LogP contribution in [0.25, 0.3) is 27.7 Å². The third kappa shape index (κ3) is 5.26. The first kappa shape index (κ1) is 26.4. The number of aryl methyl sites for hydroxylation is 1. The molecule has 214 valence electrons. The molecule has 10 heteroatoms. The van der Waals surface area contributed by atoms with E-state index in [0.29, 0.717) is 31.5 Å². The van der Waals surface area contributed by atoms with Crippen LogP contribution in [0, 0.1) is 6.92 Å². The molecule has 2 aromatic carbocycles. The second-order valence-corrected chi connectivity index (χ2v) is 10.8. The minimum absolute atomic E-state index is 0.135. The van der Waals surface area contributed by atoms with E-state index >= 15 is 0 Å². The first-order valence-electron chi connectivity index (χ1n) is 14.2. The van der Waals surface area contributed by atoms with Gasteiger partial charge in [0.25, 0.3) is 0 Å². The van der Waals surface area contributed by atoms with E-state index in [1.807, 2.05) is 43.3 Å². The molecule has 0 spiro atoms. The number of hydrogen-bond acceptors (Lipinski definition) is 8. The van der Waals surface area contributed by atoms with E-state index in [2.05, 4.69) is 20.5 Å². The monoisotopic (exact) mass is 565 g/mol. The van der Waals surface area contributed by atoms with Crippen LogP contribution in [0.5, 0.6) is 5.88 Å². The highest BCUT2D eigenvalue weighted by Crippen LogP contribution is 2.27. The van der Waals surface area contributed by atoms with Crippen LogP contribution in [0.4, 0.5) is 0 Å². The first-order valence-corrected chi connectivity index (χ1v) is 14.2. The Bertz CT molecular complexity index is 1820. The number of aromatic nitrogens is 4. The number of aromatic carboxylic acids is 1. The van der Waals surface area contributed by atoms with Gasteiger partial charge in [0, 0.05) is 38.2 Å². The molecule has 0 amide bonds. The van der Waals surface area contributed by atoms with Gasteiger partial charge in [-0.1, -0.05) is 24.3 Å². The fraction of sp³-hybridized carbons (Fsp3) is 0.312. The zero-order valence-electron chi connectivity index (χ0n) is 23.3. The standard InChI is InChI=1S/C32H31N5O5/c1-20-33-27-6-2-4-23(31(27)42-20)19-41-30-7-3-5-25(35-30)21-10-13-36(14-11-21)18-29-34-26-9-8-22(32(38)39)16-28(26)37(29)17-24-12-15-40-24/h2-10,16,24H,11-15,17-19H2,1H3,(H,38,39)/t24-/m0/s1. The number of fused-ring (bicyclic) bond motifs is 2. The van der Waals surface area contributed by atoms with Gasteiger partial charge < -0.3 is 23.6 Å². The van der Waals surface area contributed by atoms with Crippen molar-refractivity contribution in [3.05, 3.63) is 89.2 Å². The number of benzene rings is 2. The number of carboxylic acids is 1. The minimum Gasteiger partial charge on any atom is -0.478 e. The number of rotatable bonds is 9. The van der Waals surface area contributed by atoms with Gasteiger partial charge in [0.1, 0.15) is 17.9 Å².